The summed E-state index contributed by atoms with van der Waals surface area (Å²) in [4.78, 5) is 11.7. The minimum Gasteiger partial charge on any atom is -0.308 e. The zero-order valence-electron chi connectivity index (χ0n) is 10.4. The minimum absolute atomic E-state index is 0.371. The maximum Gasteiger partial charge on any atom is 0.323 e. The van der Waals surface area contributed by atoms with Crippen molar-refractivity contribution in [3.05, 3.63) is 86.3 Å². The summed E-state index contributed by atoms with van der Waals surface area (Å²) in [5.74, 6) is 0. The number of amides is 2. The molecule has 0 aromatic rings. The van der Waals surface area contributed by atoms with Crippen LogP contribution in [0.2, 0.25) is 0 Å². The summed E-state index contributed by atoms with van der Waals surface area (Å²) in [6, 6.07) is -0.371. The van der Waals surface area contributed by atoms with Crippen molar-refractivity contribution in [1.29, 1.82) is 0 Å². The Kier molecular flexibility index (Phi) is 8.29. The smallest absolute Gasteiger partial charge is 0.308 e. The van der Waals surface area contributed by atoms with Crippen molar-refractivity contribution >= 4 is 6.03 Å². The lowest BCUT2D eigenvalue weighted by Gasteiger charge is -2.08. The minimum atomic E-state index is -0.371. The van der Waals surface area contributed by atoms with E-state index in [1.807, 2.05) is 0 Å². The van der Waals surface area contributed by atoms with E-state index in [4.69, 9.17) is 0 Å². The molecule has 2 amide bonds. The Labute approximate surface area is 108 Å². The van der Waals surface area contributed by atoms with Gasteiger partial charge in [0.1, 0.15) is 0 Å². The van der Waals surface area contributed by atoms with Gasteiger partial charge < -0.3 is 10.6 Å². The summed E-state index contributed by atoms with van der Waals surface area (Å²) in [6.07, 6.45) is 13.0. The first-order valence-electron chi connectivity index (χ1n) is 5.33. The van der Waals surface area contributed by atoms with E-state index < -0.39 is 0 Å². The Bertz CT molecular complexity index is 426. The predicted molar refractivity (Wildman–Crippen MR) is 77.8 cm³/mol. The standard InChI is InChI=1S/C15H18N2O/c1-5-9-12-14(11-7-3)17-15(18)16-13(8-4)10-6-2/h5-12H,1-4H2,(H2,16,17,18)/b12-9-,13-10+,14-11+. The molecule has 0 unspecified atom stereocenters. The Hall–Kier alpha value is -2.55. The van der Waals surface area contributed by atoms with E-state index in [1.165, 1.54) is 6.08 Å². The molecule has 0 heterocycles. The van der Waals surface area contributed by atoms with Crippen LogP contribution < -0.4 is 10.6 Å². The summed E-state index contributed by atoms with van der Waals surface area (Å²) >= 11 is 0. The van der Waals surface area contributed by atoms with Gasteiger partial charge in [-0.15, -0.1) is 0 Å². The topological polar surface area (TPSA) is 41.1 Å². The molecule has 0 bridgehead atoms. The van der Waals surface area contributed by atoms with Crippen molar-refractivity contribution in [1.82, 2.24) is 10.6 Å². The number of nitrogens with one attached hydrogen (secondary N) is 2. The predicted octanol–water partition coefficient (Wildman–Crippen LogP) is 3.35. The summed E-state index contributed by atoms with van der Waals surface area (Å²) < 4.78 is 0. The fourth-order valence-electron chi connectivity index (χ4n) is 1.02. The maximum absolute atomic E-state index is 11.7. The normalized spacial score (nSPS) is 11.8. The van der Waals surface area contributed by atoms with Crippen LogP contribution in [0.1, 0.15) is 0 Å². The number of carbonyl (C=O) groups is 1. The first-order chi connectivity index (χ1) is 8.67. The molecular formula is C15H18N2O. The van der Waals surface area contributed by atoms with Gasteiger partial charge in [0.15, 0.2) is 0 Å². The lowest BCUT2D eigenvalue weighted by atomic mass is 10.3. The van der Waals surface area contributed by atoms with Crippen molar-refractivity contribution in [3.8, 4) is 0 Å². The number of hydrogen-bond acceptors (Lipinski definition) is 1. The number of carbonyl (C=O) groups excluding carboxylic acids is 1. The van der Waals surface area contributed by atoms with Crippen molar-refractivity contribution in [2.75, 3.05) is 0 Å². The van der Waals surface area contributed by atoms with Crippen LogP contribution in [-0.4, -0.2) is 6.03 Å². The van der Waals surface area contributed by atoms with E-state index in [-0.39, 0.29) is 6.03 Å². The maximum atomic E-state index is 11.7. The van der Waals surface area contributed by atoms with Gasteiger partial charge in [0.05, 0.1) is 0 Å². The second-order valence-electron chi connectivity index (χ2n) is 3.09. The fourth-order valence-corrected chi connectivity index (χ4v) is 1.02. The van der Waals surface area contributed by atoms with Gasteiger partial charge in [0.2, 0.25) is 0 Å². The molecule has 18 heavy (non-hydrogen) atoms. The van der Waals surface area contributed by atoms with Crippen LogP contribution in [0.15, 0.2) is 86.3 Å². The van der Waals surface area contributed by atoms with E-state index in [0.29, 0.717) is 11.4 Å². The molecule has 0 aliphatic heterocycles. The van der Waals surface area contributed by atoms with Gasteiger partial charge >= 0.3 is 6.03 Å². The molecule has 0 rings (SSSR count). The fraction of sp³-hybridized carbons (Fsp3) is 0. The van der Waals surface area contributed by atoms with Gasteiger partial charge in [-0.1, -0.05) is 50.6 Å². The Balaban J connectivity index is 4.65. The molecule has 3 nitrogen and oxygen atoms in total. The Morgan fingerprint density at radius 3 is 1.89 bits per heavy atom. The summed E-state index contributed by atoms with van der Waals surface area (Å²) in [6.45, 7) is 14.3. The molecule has 94 valence electrons. The van der Waals surface area contributed by atoms with Crippen LogP contribution in [0.3, 0.4) is 0 Å². The number of allylic oxidation sites excluding steroid dienone is 8. The highest BCUT2D eigenvalue weighted by Crippen LogP contribution is 1.95. The molecule has 3 heteroatoms. The number of urea groups is 1. The van der Waals surface area contributed by atoms with Crippen molar-refractivity contribution in [3.63, 3.8) is 0 Å². The lowest BCUT2D eigenvalue weighted by molar-refractivity contribution is 0.246. The highest BCUT2D eigenvalue weighted by atomic mass is 16.2. The summed E-state index contributed by atoms with van der Waals surface area (Å²) in [5, 5.41) is 5.28. The molecule has 0 saturated carbocycles. The molecule has 0 aromatic carbocycles. The Morgan fingerprint density at radius 2 is 1.39 bits per heavy atom. The van der Waals surface area contributed by atoms with Gasteiger partial charge in [-0.25, -0.2) is 4.79 Å². The summed E-state index contributed by atoms with van der Waals surface area (Å²) in [5.41, 5.74) is 1.16. The molecular weight excluding hydrogens is 224 g/mol. The van der Waals surface area contributed by atoms with Gasteiger partial charge in [0.25, 0.3) is 0 Å². The van der Waals surface area contributed by atoms with E-state index in [9.17, 15) is 4.79 Å². The Morgan fingerprint density at radius 1 is 0.833 bits per heavy atom. The van der Waals surface area contributed by atoms with Crippen LogP contribution in [-0.2, 0) is 0 Å². The monoisotopic (exact) mass is 242 g/mol. The molecule has 2 N–H and O–H groups in total. The second-order valence-corrected chi connectivity index (χ2v) is 3.09. The van der Waals surface area contributed by atoms with Gasteiger partial charge in [0, 0.05) is 11.4 Å². The number of hydrogen-bond donors (Lipinski definition) is 2. The van der Waals surface area contributed by atoms with Gasteiger partial charge in [-0.3, -0.25) is 0 Å². The van der Waals surface area contributed by atoms with Crippen molar-refractivity contribution in [2.45, 2.75) is 0 Å². The van der Waals surface area contributed by atoms with E-state index in [0.717, 1.165) is 0 Å². The van der Waals surface area contributed by atoms with E-state index in [1.54, 1.807) is 42.5 Å². The third kappa shape index (κ3) is 6.85. The van der Waals surface area contributed by atoms with Crippen LogP contribution in [0.25, 0.3) is 0 Å². The average molecular weight is 242 g/mol. The molecule has 0 aliphatic rings. The van der Waals surface area contributed by atoms with Gasteiger partial charge in [-0.05, 0) is 24.3 Å². The van der Waals surface area contributed by atoms with Crippen LogP contribution in [0.4, 0.5) is 4.79 Å². The molecule has 0 aliphatic carbocycles. The zero-order valence-corrected chi connectivity index (χ0v) is 10.4. The van der Waals surface area contributed by atoms with Crippen LogP contribution >= 0.6 is 0 Å². The van der Waals surface area contributed by atoms with Crippen LogP contribution in [0, 0.1) is 0 Å². The lowest BCUT2D eigenvalue weighted by Crippen LogP contribution is -2.33. The average Bonchev–Trinajstić information content (AvgIpc) is 2.35. The van der Waals surface area contributed by atoms with Gasteiger partial charge in [-0.2, -0.15) is 0 Å². The molecule has 0 atom stereocenters. The molecule has 0 radical (unpaired) electrons. The molecule has 0 aromatic heterocycles. The van der Waals surface area contributed by atoms with E-state index in [2.05, 4.69) is 36.9 Å². The quantitative estimate of drug-likeness (QED) is 0.660. The first kappa shape index (κ1) is 15.5. The first-order valence-corrected chi connectivity index (χ1v) is 5.33. The molecule has 0 fully saturated rings. The number of rotatable bonds is 7. The summed E-state index contributed by atoms with van der Waals surface area (Å²) in [7, 11) is 0. The van der Waals surface area contributed by atoms with Crippen molar-refractivity contribution < 1.29 is 4.79 Å². The largest absolute Gasteiger partial charge is 0.323 e. The van der Waals surface area contributed by atoms with Crippen molar-refractivity contribution in [2.24, 2.45) is 0 Å². The van der Waals surface area contributed by atoms with E-state index >= 15 is 0 Å². The van der Waals surface area contributed by atoms with Crippen LogP contribution in [0.5, 0.6) is 0 Å². The molecule has 0 saturated heterocycles. The second kappa shape index (κ2) is 9.66. The zero-order chi connectivity index (χ0) is 13.8. The third-order valence-electron chi connectivity index (χ3n) is 1.74. The highest BCUT2D eigenvalue weighted by molar-refractivity contribution is 5.78. The SMILES string of the molecule is C=C/C=C\C(=C/C=C)NC(=O)N/C(C=C)=C/C=C. The molecule has 0 spiro atoms. The highest BCUT2D eigenvalue weighted by Gasteiger charge is 2.01. The third-order valence-corrected chi connectivity index (χ3v) is 1.74.